The van der Waals surface area contributed by atoms with Gasteiger partial charge in [-0.3, -0.25) is 4.79 Å². The molecule has 1 heterocycles. The summed E-state index contributed by atoms with van der Waals surface area (Å²) in [5.41, 5.74) is 1.59. The first kappa shape index (κ1) is 11.8. The molecule has 1 aromatic rings. The maximum Gasteiger partial charge on any atom is 0.309 e. The third kappa shape index (κ3) is 2.23. The second-order valence-corrected chi connectivity index (χ2v) is 4.29. The van der Waals surface area contributed by atoms with Gasteiger partial charge in [-0.05, 0) is 24.1 Å². The van der Waals surface area contributed by atoms with E-state index in [4.69, 9.17) is 5.11 Å². The number of nitrogens with zero attached hydrogens (tertiary/aromatic N) is 1. The molecule has 2 rings (SSSR count). The molecule has 1 aromatic carbocycles. The van der Waals surface area contributed by atoms with Crippen LogP contribution in [0, 0.1) is 0 Å². The molecule has 0 radical (unpaired) electrons. The highest BCUT2D eigenvalue weighted by atomic mass is 19.3. The maximum absolute atomic E-state index is 13.6. The number of anilines is 1. The van der Waals surface area contributed by atoms with Crippen LogP contribution in [0.5, 0.6) is 0 Å². The normalized spacial score (nSPS) is 14.9. The standard InChI is InChI=1S/C12H13F2NO2/c1-15-5-4-8-6-9(2-3-10(8)15)12(13,14)7-11(16)17/h2-3,6H,4-5,7H2,1H3,(H,16,17). The number of alkyl halides is 2. The number of carboxylic acid groups (broad SMARTS) is 1. The van der Waals surface area contributed by atoms with Crippen molar-refractivity contribution >= 4 is 11.7 Å². The van der Waals surface area contributed by atoms with Gasteiger partial charge in [0.1, 0.15) is 6.42 Å². The smallest absolute Gasteiger partial charge is 0.309 e. The van der Waals surface area contributed by atoms with Crippen molar-refractivity contribution < 1.29 is 18.7 Å². The van der Waals surface area contributed by atoms with E-state index in [0.29, 0.717) is 0 Å². The van der Waals surface area contributed by atoms with Crippen LogP contribution in [0.4, 0.5) is 14.5 Å². The van der Waals surface area contributed by atoms with Crippen molar-refractivity contribution in [1.29, 1.82) is 0 Å². The van der Waals surface area contributed by atoms with Gasteiger partial charge in [0, 0.05) is 24.8 Å². The lowest BCUT2D eigenvalue weighted by atomic mass is 10.0. The highest BCUT2D eigenvalue weighted by Crippen LogP contribution is 2.36. The van der Waals surface area contributed by atoms with Crippen molar-refractivity contribution in [2.24, 2.45) is 0 Å². The van der Waals surface area contributed by atoms with Crippen LogP contribution in [0.3, 0.4) is 0 Å². The monoisotopic (exact) mass is 241 g/mol. The van der Waals surface area contributed by atoms with Crippen molar-refractivity contribution in [1.82, 2.24) is 0 Å². The molecule has 0 fully saturated rings. The van der Waals surface area contributed by atoms with Crippen LogP contribution in [-0.4, -0.2) is 24.7 Å². The van der Waals surface area contributed by atoms with Gasteiger partial charge < -0.3 is 10.0 Å². The summed E-state index contributed by atoms with van der Waals surface area (Å²) in [6.45, 7) is 0.809. The first-order valence-corrected chi connectivity index (χ1v) is 5.34. The molecule has 3 nitrogen and oxygen atoms in total. The summed E-state index contributed by atoms with van der Waals surface area (Å²) >= 11 is 0. The molecule has 5 heteroatoms. The zero-order valence-corrected chi connectivity index (χ0v) is 9.41. The van der Waals surface area contributed by atoms with E-state index in [1.54, 1.807) is 6.07 Å². The van der Waals surface area contributed by atoms with Crippen molar-refractivity contribution in [3.05, 3.63) is 29.3 Å². The fourth-order valence-corrected chi connectivity index (χ4v) is 2.09. The van der Waals surface area contributed by atoms with Gasteiger partial charge in [0.2, 0.25) is 0 Å². The Morgan fingerprint density at radius 3 is 2.88 bits per heavy atom. The van der Waals surface area contributed by atoms with Crippen molar-refractivity contribution in [2.75, 3.05) is 18.5 Å². The number of rotatable bonds is 3. The lowest BCUT2D eigenvalue weighted by molar-refractivity contribution is -0.145. The quantitative estimate of drug-likeness (QED) is 0.882. The van der Waals surface area contributed by atoms with Gasteiger partial charge in [-0.2, -0.15) is 0 Å². The predicted molar refractivity (Wildman–Crippen MR) is 59.6 cm³/mol. The van der Waals surface area contributed by atoms with Gasteiger partial charge in [0.15, 0.2) is 0 Å². The van der Waals surface area contributed by atoms with Crippen LogP contribution in [0.15, 0.2) is 18.2 Å². The fourth-order valence-electron chi connectivity index (χ4n) is 2.09. The number of aliphatic carboxylic acids is 1. The van der Waals surface area contributed by atoms with Crippen LogP contribution >= 0.6 is 0 Å². The summed E-state index contributed by atoms with van der Waals surface area (Å²) in [5.74, 6) is -4.80. The summed E-state index contributed by atoms with van der Waals surface area (Å²) in [6, 6.07) is 4.36. The molecule has 0 atom stereocenters. The molecule has 0 bridgehead atoms. The molecule has 1 N–H and O–H groups in total. The number of halogens is 2. The number of carboxylic acids is 1. The topological polar surface area (TPSA) is 40.5 Å². The molecular formula is C12H13F2NO2. The summed E-state index contributed by atoms with van der Waals surface area (Å²) < 4.78 is 27.2. The minimum atomic E-state index is -3.30. The van der Waals surface area contributed by atoms with E-state index in [1.807, 2.05) is 11.9 Å². The van der Waals surface area contributed by atoms with Crippen LogP contribution in [-0.2, 0) is 17.1 Å². The summed E-state index contributed by atoms with van der Waals surface area (Å²) in [6.07, 6.45) is -0.440. The molecule has 92 valence electrons. The van der Waals surface area contributed by atoms with Crippen molar-refractivity contribution in [2.45, 2.75) is 18.8 Å². The van der Waals surface area contributed by atoms with Gasteiger partial charge in [-0.25, -0.2) is 8.78 Å². The Morgan fingerprint density at radius 2 is 2.24 bits per heavy atom. The Morgan fingerprint density at radius 1 is 1.53 bits per heavy atom. The van der Waals surface area contributed by atoms with Gasteiger partial charge in [0.25, 0.3) is 5.92 Å². The highest BCUT2D eigenvalue weighted by Gasteiger charge is 2.35. The molecule has 0 spiro atoms. The number of hydrogen-bond donors (Lipinski definition) is 1. The van der Waals surface area contributed by atoms with Gasteiger partial charge >= 0.3 is 5.97 Å². The first-order valence-electron chi connectivity index (χ1n) is 5.34. The average molecular weight is 241 g/mol. The van der Waals surface area contributed by atoms with Gasteiger partial charge in [0.05, 0.1) is 0 Å². The number of hydrogen-bond acceptors (Lipinski definition) is 2. The molecule has 1 aliphatic heterocycles. The van der Waals surface area contributed by atoms with Crippen molar-refractivity contribution in [3.8, 4) is 0 Å². The second kappa shape index (κ2) is 3.98. The van der Waals surface area contributed by atoms with E-state index in [1.165, 1.54) is 12.1 Å². The minimum Gasteiger partial charge on any atom is -0.481 e. The van der Waals surface area contributed by atoms with Gasteiger partial charge in [-0.15, -0.1) is 0 Å². The number of likely N-dealkylation sites (N-methyl/N-ethyl adjacent to an activating group) is 1. The lowest BCUT2D eigenvalue weighted by Crippen LogP contribution is -2.18. The molecule has 0 saturated heterocycles. The molecule has 0 aliphatic carbocycles. The summed E-state index contributed by atoms with van der Waals surface area (Å²) in [4.78, 5) is 12.4. The molecule has 1 aliphatic rings. The van der Waals surface area contributed by atoms with E-state index in [2.05, 4.69) is 0 Å². The Labute approximate surface area is 97.7 Å². The predicted octanol–water partition coefficient (Wildman–Crippen LogP) is 2.25. The Hall–Kier alpha value is -1.65. The second-order valence-electron chi connectivity index (χ2n) is 4.29. The van der Waals surface area contributed by atoms with Crippen LogP contribution in [0.25, 0.3) is 0 Å². The molecular weight excluding hydrogens is 228 g/mol. The molecule has 0 saturated carbocycles. The number of fused-ring (bicyclic) bond motifs is 1. The van der Waals surface area contributed by atoms with E-state index in [9.17, 15) is 13.6 Å². The fraction of sp³-hybridized carbons (Fsp3) is 0.417. The molecule has 0 amide bonds. The van der Waals surface area contributed by atoms with Crippen molar-refractivity contribution in [3.63, 3.8) is 0 Å². The maximum atomic E-state index is 13.6. The summed E-state index contributed by atoms with van der Waals surface area (Å²) in [5, 5.41) is 8.46. The molecule has 0 aromatic heterocycles. The lowest BCUT2D eigenvalue weighted by Gasteiger charge is -2.17. The zero-order valence-electron chi connectivity index (χ0n) is 9.41. The van der Waals surface area contributed by atoms with E-state index in [0.717, 1.165) is 24.2 Å². The zero-order chi connectivity index (χ0) is 12.6. The Balaban J connectivity index is 2.32. The van der Waals surface area contributed by atoms with E-state index >= 15 is 0 Å². The van der Waals surface area contributed by atoms with Crippen LogP contribution in [0.1, 0.15) is 17.5 Å². The van der Waals surface area contributed by atoms with Gasteiger partial charge in [-0.1, -0.05) is 6.07 Å². The number of carbonyl (C=O) groups is 1. The Bertz CT molecular complexity index is 460. The third-order valence-electron chi connectivity index (χ3n) is 3.00. The van der Waals surface area contributed by atoms with E-state index < -0.39 is 18.3 Å². The largest absolute Gasteiger partial charge is 0.481 e. The minimum absolute atomic E-state index is 0.214. The molecule has 0 unspecified atom stereocenters. The highest BCUT2D eigenvalue weighted by molar-refractivity contribution is 5.68. The third-order valence-corrected chi connectivity index (χ3v) is 3.00. The SMILES string of the molecule is CN1CCc2cc(C(F)(F)CC(=O)O)ccc21. The number of benzene rings is 1. The average Bonchev–Trinajstić information content (AvgIpc) is 2.58. The van der Waals surface area contributed by atoms with Crippen LogP contribution < -0.4 is 4.90 Å². The van der Waals surface area contributed by atoms with E-state index in [-0.39, 0.29) is 5.56 Å². The first-order chi connectivity index (χ1) is 7.90. The molecule has 17 heavy (non-hydrogen) atoms. The Kier molecular flexibility index (Phi) is 2.77. The summed E-state index contributed by atoms with van der Waals surface area (Å²) in [7, 11) is 1.90. The van der Waals surface area contributed by atoms with Crippen LogP contribution in [0.2, 0.25) is 0 Å².